The van der Waals surface area contributed by atoms with Gasteiger partial charge in [-0.05, 0) is 24.6 Å². The van der Waals surface area contributed by atoms with Crippen molar-refractivity contribution in [2.45, 2.75) is 25.9 Å². The van der Waals surface area contributed by atoms with Gasteiger partial charge in [0.15, 0.2) is 5.13 Å². The molecule has 5 rings (SSSR count). The van der Waals surface area contributed by atoms with Crippen molar-refractivity contribution < 1.29 is 0 Å². The summed E-state index contributed by atoms with van der Waals surface area (Å²) in [5.41, 5.74) is 5.74. The molecule has 1 aromatic carbocycles. The molecule has 2 aliphatic rings. The zero-order valence-electron chi connectivity index (χ0n) is 14.9. The average Bonchev–Trinajstić information content (AvgIpc) is 3.33. The van der Waals surface area contributed by atoms with E-state index in [0.29, 0.717) is 6.04 Å². The van der Waals surface area contributed by atoms with Crippen LogP contribution in [0.25, 0.3) is 10.2 Å². The molecule has 0 saturated carbocycles. The van der Waals surface area contributed by atoms with Crippen LogP contribution in [0.3, 0.4) is 0 Å². The van der Waals surface area contributed by atoms with Gasteiger partial charge in [-0.15, -0.1) is 22.7 Å². The zero-order chi connectivity index (χ0) is 17.5. The second kappa shape index (κ2) is 6.88. The lowest BCUT2D eigenvalue weighted by Crippen LogP contribution is -2.47. The van der Waals surface area contributed by atoms with E-state index < -0.39 is 0 Å². The zero-order valence-corrected chi connectivity index (χ0v) is 16.6. The predicted molar refractivity (Wildman–Crippen MR) is 109 cm³/mol. The van der Waals surface area contributed by atoms with E-state index in [1.807, 2.05) is 16.8 Å². The van der Waals surface area contributed by atoms with Crippen LogP contribution >= 0.6 is 22.7 Å². The summed E-state index contributed by atoms with van der Waals surface area (Å²) in [6, 6.07) is 7.16. The lowest BCUT2D eigenvalue weighted by molar-refractivity contribution is 0.198. The number of nitrogens with zero attached hydrogens (tertiary/aromatic N) is 4. The molecule has 2 aromatic heterocycles. The molecule has 2 aliphatic heterocycles. The molecule has 0 spiro atoms. The Balaban J connectivity index is 1.26. The topological polar surface area (TPSA) is 44.3 Å². The van der Waals surface area contributed by atoms with Crippen LogP contribution in [0.4, 0.5) is 5.13 Å². The number of aromatic nitrogens is 2. The van der Waals surface area contributed by atoms with E-state index in [2.05, 4.69) is 45.2 Å². The molecule has 3 aromatic rings. The smallest absolute Gasteiger partial charge is 0.185 e. The van der Waals surface area contributed by atoms with Crippen molar-refractivity contribution in [2.75, 3.05) is 37.6 Å². The maximum atomic E-state index is 4.91. The fraction of sp³-hybridized carbons (Fsp3) is 0.474. The van der Waals surface area contributed by atoms with Gasteiger partial charge in [0.25, 0.3) is 0 Å². The highest BCUT2D eigenvalue weighted by atomic mass is 32.1. The van der Waals surface area contributed by atoms with Crippen LogP contribution in [0.5, 0.6) is 0 Å². The van der Waals surface area contributed by atoms with E-state index in [0.717, 1.165) is 51.2 Å². The molecule has 136 valence electrons. The largest absolute Gasteiger partial charge is 0.346 e. The Morgan fingerprint density at radius 1 is 1.19 bits per heavy atom. The Labute approximate surface area is 161 Å². The molecule has 1 saturated heterocycles. The van der Waals surface area contributed by atoms with E-state index in [1.54, 1.807) is 11.3 Å². The number of fused-ring (bicyclic) bond motifs is 2. The number of rotatable bonds is 3. The first kappa shape index (κ1) is 16.6. The van der Waals surface area contributed by atoms with Crippen molar-refractivity contribution in [1.29, 1.82) is 0 Å². The highest BCUT2D eigenvalue weighted by Crippen LogP contribution is 2.31. The number of hydrogen-bond donors (Lipinski definition) is 1. The molecule has 1 N–H and O–H groups in total. The van der Waals surface area contributed by atoms with Gasteiger partial charge < -0.3 is 10.2 Å². The summed E-state index contributed by atoms with van der Waals surface area (Å²) in [7, 11) is 0. The number of nitrogens with one attached hydrogen (secondary N) is 1. The molecule has 7 heteroatoms. The fourth-order valence-corrected chi connectivity index (χ4v) is 5.68. The van der Waals surface area contributed by atoms with Crippen LogP contribution in [0.15, 0.2) is 23.7 Å². The third-order valence-electron chi connectivity index (χ3n) is 5.56. The van der Waals surface area contributed by atoms with Gasteiger partial charge in [0.05, 0.1) is 21.4 Å². The summed E-state index contributed by atoms with van der Waals surface area (Å²) in [6.07, 6.45) is 1.07. The Morgan fingerprint density at radius 3 is 2.92 bits per heavy atom. The minimum Gasteiger partial charge on any atom is -0.346 e. The third-order valence-corrected chi connectivity index (χ3v) is 7.53. The Kier molecular flexibility index (Phi) is 4.40. The van der Waals surface area contributed by atoms with E-state index in [1.165, 1.54) is 26.0 Å². The number of thiazole rings is 2. The van der Waals surface area contributed by atoms with Gasteiger partial charge in [-0.3, -0.25) is 4.90 Å². The minimum atomic E-state index is 0.428. The first-order valence-electron chi connectivity index (χ1n) is 9.29. The summed E-state index contributed by atoms with van der Waals surface area (Å²) < 4.78 is 1.27. The Bertz CT molecular complexity index is 886. The number of hydrogen-bond acceptors (Lipinski definition) is 7. The van der Waals surface area contributed by atoms with E-state index in [9.17, 15) is 0 Å². The van der Waals surface area contributed by atoms with Crippen LogP contribution < -0.4 is 10.2 Å². The number of piperazine rings is 1. The van der Waals surface area contributed by atoms with Crippen molar-refractivity contribution in [2.24, 2.45) is 0 Å². The summed E-state index contributed by atoms with van der Waals surface area (Å²) in [4.78, 5) is 15.9. The lowest BCUT2D eigenvalue weighted by atomic mass is 10.1. The molecule has 26 heavy (non-hydrogen) atoms. The molecule has 0 amide bonds. The first-order chi connectivity index (χ1) is 12.8. The second-order valence-corrected chi connectivity index (χ2v) is 9.02. The monoisotopic (exact) mass is 385 g/mol. The van der Waals surface area contributed by atoms with Gasteiger partial charge in [0.1, 0.15) is 0 Å². The summed E-state index contributed by atoms with van der Waals surface area (Å²) in [5.74, 6) is 0. The van der Waals surface area contributed by atoms with Gasteiger partial charge in [0, 0.05) is 56.6 Å². The molecule has 5 nitrogen and oxygen atoms in total. The molecule has 0 bridgehead atoms. The van der Waals surface area contributed by atoms with Crippen LogP contribution in [-0.4, -0.2) is 47.6 Å². The molecule has 1 fully saturated rings. The van der Waals surface area contributed by atoms with Crippen LogP contribution in [0.1, 0.15) is 29.1 Å². The molecular formula is C19H23N5S2. The van der Waals surface area contributed by atoms with Crippen molar-refractivity contribution >= 4 is 38.0 Å². The maximum absolute atomic E-state index is 4.91. The van der Waals surface area contributed by atoms with Crippen LogP contribution in [0, 0.1) is 0 Å². The summed E-state index contributed by atoms with van der Waals surface area (Å²) in [5, 5.41) is 4.66. The van der Waals surface area contributed by atoms with Gasteiger partial charge in [-0.1, -0.05) is 6.07 Å². The van der Waals surface area contributed by atoms with Gasteiger partial charge >= 0.3 is 0 Å². The predicted octanol–water partition coefficient (Wildman–Crippen LogP) is 3.28. The first-order valence-corrected chi connectivity index (χ1v) is 11.0. The SMILES string of the molecule is CC(c1ccc2scnc2c1)N1CCN(c2nc3c(s2)CNCC3)CC1. The number of anilines is 1. The molecule has 4 heterocycles. The summed E-state index contributed by atoms with van der Waals surface area (Å²) >= 11 is 3.59. The summed E-state index contributed by atoms with van der Waals surface area (Å²) in [6.45, 7) is 8.65. The Morgan fingerprint density at radius 2 is 2.08 bits per heavy atom. The average molecular weight is 386 g/mol. The molecule has 0 aliphatic carbocycles. The molecule has 0 radical (unpaired) electrons. The normalized spacial score (nSPS) is 19.7. The van der Waals surface area contributed by atoms with Crippen molar-refractivity contribution in [3.8, 4) is 0 Å². The molecule has 1 atom stereocenters. The van der Waals surface area contributed by atoms with Crippen molar-refractivity contribution in [3.05, 3.63) is 39.8 Å². The lowest BCUT2D eigenvalue weighted by Gasteiger charge is -2.38. The third kappa shape index (κ3) is 3.03. The molecular weight excluding hydrogens is 362 g/mol. The van der Waals surface area contributed by atoms with Gasteiger partial charge in [-0.25, -0.2) is 9.97 Å². The fourth-order valence-electron chi connectivity index (χ4n) is 3.89. The van der Waals surface area contributed by atoms with Crippen LogP contribution in [-0.2, 0) is 13.0 Å². The van der Waals surface area contributed by atoms with Crippen molar-refractivity contribution in [1.82, 2.24) is 20.2 Å². The maximum Gasteiger partial charge on any atom is 0.185 e. The highest BCUT2D eigenvalue weighted by molar-refractivity contribution is 7.16. The van der Waals surface area contributed by atoms with Crippen LogP contribution in [0.2, 0.25) is 0 Å². The van der Waals surface area contributed by atoms with Crippen molar-refractivity contribution in [3.63, 3.8) is 0 Å². The van der Waals surface area contributed by atoms with Gasteiger partial charge in [0.2, 0.25) is 0 Å². The van der Waals surface area contributed by atoms with E-state index in [-0.39, 0.29) is 0 Å². The highest BCUT2D eigenvalue weighted by Gasteiger charge is 2.25. The standard InChI is InChI=1S/C19H23N5S2/c1-13(14-2-3-17-16(10-14)21-12-25-17)23-6-8-24(9-7-23)19-22-15-4-5-20-11-18(15)26-19/h2-3,10,12-13,20H,4-9,11H2,1H3. The number of benzene rings is 1. The minimum absolute atomic E-state index is 0.428. The van der Waals surface area contributed by atoms with E-state index >= 15 is 0 Å². The van der Waals surface area contributed by atoms with E-state index in [4.69, 9.17) is 4.98 Å². The second-order valence-electron chi connectivity index (χ2n) is 7.07. The molecule has 1 unspecified atom stereocenters. The quantitative estimate of drug-likeness (QED) is 0.750. The Hall–Kier alpha value is -1.54. The van der Waals surface area contributed by atoms with Gasteiger partial charge in [-0.2, -0.15) is 0 Å².